The largest absolute Gasteiger partial charge is 0.371 e. The van der Waals surface area contributed by atoms with Crippen LogP contribution in [0.25, 0.3) is 0 Å². The predicted octanol–water partition coefficient (Wildman–Crippen LogP) is 3.22. The first-order valence-electron chi connectivity index (χ1n) is 6.80. The monoisotopic (exact) mass is 268 g/mol. The van der Waals surface area contributed by atoms with Crippen molar-refractivity contribution in [2.24, 2.45) is 5.92 Å². The molecule has 0 saturated heterocycles. The van der Waals surface area contributed by atoms with Crippen LogP contribution in [-0.4, -0.2) is 18.6 Å². The van der Waals surface area contributed by atoms with Gasteiger partial charge in [-0.1, -0.05) is 13.8 Å². The second-order valence-corrected chi connectivity index (χ2v) is 6.69. The fourth-order valence-corrected chi connectivity index (χ4v) is 3.52. The van der Waals surface area contributed by atoms with Gasteiger partial charge in [-0.3, -0.25) is 0 Å². The molecule has 3 nitrogen and oxygen atoms in total. The van der Waals surface area contributed by atoms with Crippen LogP contribution in [0.3, 0.4) is 0 Å². The number of ether oxygens (including phenoxy) is 1. The summed E-state index contributed by atoms with van der Waals surface area (Å²) in [6.07, 6.45) is 3.50. The lowest BCUT2D eigenvalue weighted by molar-refractivity contribution is -0.0780. The maximum atomic E-state index is 5.70. The lowest BCUT2D eigenvalue weighted by atomic mass is 9.80. The maximum Gasteiger partial charge on any atom is 0.125 e. The molecule has 1 saturated carbocycles. The number of nitrogens with zero attached hydrogens (tertiary/aromatic N) is 1. The van der Waals surface area contributed by atoms with Crippen LogP contribution in [0.5, 0.6) is 0 Å². The van der Waals surface area contributed by atoms with Crippen molar-refractivity contribution < 1.29 is 4.74 Å². The lowest BCUT2D eigenvalue weighted by Crippen LogP contribution is -2.35. The Morgan fingerprint density at radius 1 is 1.44 bits per heavy atom. The number of hydrogen-bond donors (Lipinski definition) is 1. The SMILES string of the molecule is COC1(c2nc(C)c(CNCC(C)C)s2)CCC1. The van der Waals surface area contributed by atoms with Gasteiger partial charge in [0.05, 0.1) is 5.69 Å². The van der Waals surface area contributed by atoms with E-state index in [9.17, 15) is 0 Å². The fraction of sp³-hybridized carbons (Fsp3) is 0.786. The van der Waals surface area contributed by atoms with Crippen LogP contribution in [0.2, 0.25) is 0 Å². The molecule has 2 rings (SSSR count). The molecule has 0 aliphatic heterocycles. The zero-order valence-electron chi connectivity index (χ0n) is 11.9. The Morgan fingerprint density at radius 3 is 2.67 bits per heavy atom. The van der Waals surface area contributed by atoms with E-state index in [1.807, 2.05) is 18.4 Å². The Hall–Kier alpha value is -0.450. The molecule has 0 bridgehead atoms. The molecular weight excluding hydrogens is 244 g/mol. The molecule has 0 atom stereocenters. The molecule has 0 spiro atoms. The Labute approximate surface area is 114 Å². The number of hydrogen-bond acceptors (Lipinski definition) is 4. The van der Waals surface area contributed by atoms with Gasteiger partial charge in [0.15, 0.2) is 0 Å². The van der Waals surface area contributed by atoms with Gasteiger partial charge in [-0.25, -0.2) is 4.98 Å². The summed E-state index contributed by atoms with van der Waals surface area (Å²) in [5, 5.41) is 4.67. The van der Waals surface area contributed by atoms with E-state index in [2.05, 4.69) is 26.1 Å². The predicted molar refractivity (Wildman–Crippen MR) is 75.9 cm³/mol. The zero-order valence-corrected chi connectivity index (χ0v) is 12.7. The third-order valence-corrected chi connectivity index (χ3v) is 5.02. The third kappa shape index (κ3) is 2.76. The van der Waals surface area contributed by atoms with E-state index in [0.29, 0.717) is 5.92 Å². The van der Waals surface area contributed by atoms with E-state index in [1.54, 1.807) is 0 Å². The van der Waals surface area contributed by atoms with Crippen molar-refractivity contribution in [2.45, 2.75) is 52.2 Å². The number of methoxy groups -OCH3 is 1. The highest BCUT2D eigenvalue weighted by Crippen LogP contribution is 2.46. The highest BCUT2D eigenvalue weighted by atomic mass is 32.1. The zero-order chi connectivity index (χ0) is 13.2. The van der Waals surface area contributed by atoms with Gasteiger partial charge < -0.3 is 10.1 Å². The maximum absolute atomic E-state index is 5.70. The second-order valence-electron chi connectivity index (χ2n) is 5.60. The van der Waals surface area contributed by atoms with Crippen LogP contribution in [0.4, 0.5) is 0 Å². The summed E-state index contributed by atoms with van der Waals surface area (Å²) in [5.74, 6) is 0.689. The highest BCUT2D eigenvalue weighted by molar-refractivity contribution is 7.11. The van der Waals surface area contributed by atoms with Crippen LogP contribution in [0.1, 0.15) is 48.7 Å². The van der Waals surface area contributed by atoms with Crippen molar-refractivity contribution in [3.8, 4) is 0 Å². The Balaban J connectivity index is 2.02. The third-order valence-electron chi connectivity index (χ3n) is 3.67. The van der Waals surface area contributed by atoms with Crippen LogP contribution in [0.15, 0.2) is 0 Å². The summed E-state index contributed by atoms with van der Waals surface area (Å²) in [7, 11) is 1.81. The van der Waals surface area contributed by atoms with Gasteiger partial charge in [-0.15, -0.1) is 11.3 Å². The molecule has 0 radical (unpaired) electrons. The lowest BCUT2D eigenvalue weighted by Gasteiger charge is -2.38. The van der Waals surface area contributed by atoms with Crippen molar-refractivity contribution in [3.63, 3.8) is 0 Å². The summed E-state index contributed by atoms with van der Waals surface area (Å²) >= 11 is 1.82. The summed E-state index contributed by atoms with van der Waals surface area (Å²) in [4.78, 5) is 6.08. The molecule has 1 aliphatic rings. The molecule has 0 aromatic carbocycles. The van der Waals surface area contributed by atoms with Crippen molar-refractivity contribution in [2.75, 3.05) is 13.7 Å². The van der Waals surface area contributed by atoms with E-state index >= 15 is 0 Å². The molecule has 18 heavy (non-hydrogen) atoms. The van der Waals surface area contributed by atoms with Crippen LogP contribution < -0.4 is 5.32 Å². The minimum atomic E-state index is -0.0638. The first-order chi connectivity index (χ1) is 8.57. The quantitative estimate of drug-likeness (QED) is 0.860. The fourth-order valence-electron chi connectivity index (χ4n) is 2.26. The van der Waals surface area contributed by atoms with Crippen LogP contribution in [-0.2, 0) is 16.9 Å². The molecule has 102 valence electrons. The molecule has 1 aliphatic carbocycles. The van der Waals surface area contributed by atoms with Gasteiger partial charge in [-0.2, -0.15) is 0 Å². The molecule has 1 aromatic heterocycles. The van der Waals surface area contributed by atoms with E-state index in [0.717, 1.165) is 31.6 Å². The van der Waals surface area contributed by atoms with Gasteiger partial charge >= 0.3 is 0 Å². The number of aryl methyl sites for hydroxylation is 1. The van der Waals surface area contributed by atoms with Gasteiger partial charge in [0.25, 0.3) is 0 Å². The number of thiazole rings is 1. The standard InChI is InChI=1S/C14H24N2OS/c1-10(2)8-15-9-12-11(3)16-13(18-12)14(17-4)6-5-7-14/h10,15H,5-9H2,1-4H3. The Bertz CT molecular complexity index is 391. The molecule has 1 fully saturated rings. The summed E-state index contributed by atoms with van der Waals surface area (Å²) in [5.41, 5.74) is 1.10. The van der Waals surface area contributed by atoms with E-state index in [-0.39, 0.29) is 5.60 Å². The second kappa shape index (κ2) is 5.68. The van der Waals surface area contributed by atoms with Crippen molar-refractivity contribution in [1.82, 2.24) is 10.3 Å². The minimum absolute atomic E-state index is 0.0638. The van der Waals surface area contributed by atoms with E-state index < -0.39 is 0 Å². The number of aromatic nitrogens is 1. The minimum Gasteiger partial charge on any atom is -0.371 e. The summed E-state index contributed by atoms with van der Waals surface area (Å²) < 4.78 is 5.70. The molecule has 1 heterocycles. The molecule has 1 aromatic rings. The van der Waals surface area contributed by atoms with Crippen LogP contribution >= 0.6 is 11.3 Å². The highest BCUT2D eigenvalue weighted by Gasteiger charge is 2.41. The van der Waals surface area contributed by atoms with E-state index in [4.69, 9.17) is 9.72 Å². The molecule has 0 amide bonds. The Kier molecular flexibility index (Phi) is 4.41. The normalized spacial score (nSPS) is 18.1. The molecule has 4 heteroatoms. The molecular formula is C14H24N2OS. The smallest absolute Gasteiger partial charge is 0.125 e. The van der Waals surface area contributed by atoms with Crippen LogP contribution in [0, 0.1) is 12.8 Å². The molecule has 1 N–H and O–H groups in total. The molecule has 0 unspecified atom stereocenters. The van der Waals surface area contributed by atoms with Gasteiger partial charge in [-0.05, 0) is 38.6 Å². The first-order valence-corrected chi connectivity index (χ1v) is 7.62. The van der Waals surface area contributed by atoms with E-state index in [1.165, 1.54) is 16.3 Å². The average molecular weight is 268 g/mol. The number of nitrogens with one attached hydrogen (secondary N) is 1. The van der Waals surface area contributed by atoms with Gasteiger partial charge in [0, 0.05) is 18.5 Å². The van der Waals surface area contributed by atoms with Gasteiger partial charge in [0.1, 0.15) is 10.6 Å². The summed E-state index contributed by atoms with van der Waals surface area (Å²) in [6, 6.07) is 0. The summed E-state index contributed by atoms with van der Waals surface area (Å²) in [6.45, 7) is 8.55. The van der Waals surface area contributed by atoms with Crippen molar-refractivity contribution >= 4 is 11.3 Å². The van der Waals surface area contributed by atoms with Crippen molar-refractivity contribution in [3.05, 3.63) is 15.6 Å². The first kappa shape index (κ1) is 14.0. The Morgan fingerprint density at radius 2 is 2.17 bits per heavy atom. The van der Waals surface area contributed by atoms with Crippen molar-refractivity contribution in [1.29, 1.82) is 0 Å². The van der Waals surface area contributed by atoms with Gasteiger partial charge in [0.2, 0.25) is 0 Å². The average Bonchev–Trinajstić information content (AvgIpc) is 2.59. The topological polar surface area (TPSA) is 34.1 Å². The number of rotatable bonds is 6.